The lowest BCUT2D eigenvalue weighted by atomic mass is 10.0. The fourth-order valence-electron chi connectivity index (χ4n) is 1.80. The number of nitrogen functional groups attached to an aromatic ring is 1. The number of rotatable bonds is 3. The Morgan fingerprint density at radius 3 is 2.72 bits per heavy atom. The van der Waals surface area contributed by atoms with Crippen LogP contribution >= 0.6 is 0 Å². The van der Waals surface area contributed by atoms with E-state index < -0.39 is 5.97 Å². The van der Waals surface area contributed by atoms with Gasteiger partial charge in [0, 0.05) is 16.8 Å². The lowest BCUT2D eigenvalue weighted by Gasteiger charge is -2.05. The molecule has 4 heteroatoms. The molecule has 4 nitrogen and oxygen atoms in total. The molecule has 0 fully saturated rings. The molecule has 0 radical (unpaired) electrons. The summed E-state index contributed by atoms with van der Waals surface area (Å²) in [6.45, 7) is 3.85. The molecule has 0 aliphatic carbocycles. The van der Waals surface area contributed by atoms with Crippen LogP contribution in [-0.2, 0) is 4.74 Å². The summed E-state index contributed by atoms with van der Waals surface area (Å²) in [6.07, 6.45) is 0. The number of benzene rings is 1. The van der Waals surface area contributed by atoms with E-state index >= 15 is 0 Å². The van der Waals surface area contributed by atoms with Gasteiger partial charge in [0.05, 0.1) is 6.61 Å². The zero-order valence-electron chi connectivity index (χ0n) is 10.4. The predicted molar refractivity (Wildman–Crippen MR) is 69.2 cm³/mol. The number of nitrogens with two attached hydrogens (primary N) is 1. The SMILES string of the molecule is CCOC(=O)c1oc(C)cc1-c1ccccc1N. The fraction of sp³-hybridized carbons (Fsp3) is 0.214. The quantitative estimate of drug-likeness (QED) is 0.666. The summed E-state index contributed by atoms with van der Waals surface area (Å²) in [5, 5.41) is 0. The van der Waals surface area contributed by atoms with Crippen molar-refractivity contribution in [2.45, 2.75) is 13.8 Å². The van der Waals surface area contributed by atoms with Crippen LogP contribution in [0.3, 0.4) is 0 Å². The van der Waals surface area contributed by atoms with Crippen LogP contribution < -0.4 is 5.73 Å². The Labute approximate surface area is 105 Å². The molecule has 0 atom stereocenters. The molecule has 0 saturated carbocycles. The van der Waals surface area contributed by atoms with E-state index in [0.29, 0.717) is 23.6 Å². The van der Waals surface area contributed by atoms with Crippen molar-refractivity contribution in [3.05, 3.63) is 41.9 Å². The van der Waals surface area contributed by atoms with Gasteiger partial charge in [-0.05, 0) is 26.0 Å². The fourth-order valence-corrected chi connectivity index (χ4v) is 1.80. The summed E-state index contributed by atoms with van der Waals surface area (Å²) in [5.74, 6) is 0.382. The van der Waals surface area contributed by atoms with E-state index in [1.807, 2.05) is 18.2 Å². The highest BCUT2D eigenvalue weighted by Crippen LogP contribution is 2.31. The molecule has 18 heavy (non-hydrogen) atoms. The van der Waals surface area contributed by atoms with Gasteiger partial charge >= 0.3 is 5.97 Å². The van der Waals surface area contributed by atoms with E-state index in [4.69, 9.17) is 14.9 Å². The average molecular weight is 245 g/mol. The van der Waals surface area contributed by atoms with E-state index in [9.17, 15) is 4.79 Å². The van der Waals surface area contributed by atoms with Gasteiger partial charge in [0.2, 0.25) is 5.76 Å². The van der Waals surface area contributed by atoms with Crippen molar-refractivity contribution in [3.63, 3.8) is 0 Å². The van der Waals surface area contributed by atoms with E-state index in [-0.39, 0.29) is 5.76 Å². The molecule has 0 amide bonds. The van der Waals surface area contributed by atoms with Gasteiger partial charge in [-0.25, -0.2) is 4.79 Å². The molecule has 0 aliphatic heterocycles. The Hall–Kier alpha value is -2.23. The molecule has 0 bridgehead atoms. The molecule has 1 heterocycles. The van der Waals surface area contributed by atoms with Gasteiger partial charge in [0.15, 0.2) is 0 Å². The molecule has 0 unspecified atom stereocenters. The molecule has 0 aliphatic rings. The number of ether oxygens (including phenoxy) is 1. The van der Waals surface area contributed by atoms with Crippen molar-refractivity contribution in [1.29, 1.82) is 0 Å². The van der Waals surface area contributed by atoms with Crippen LogP contribution in [0.2, 0.25) is 0 Å². The largest absolute Gasteiger partial charge is 0.460 e. The number of carbonyl (C=O) groups excluding carboxylic acids is 1. The van der Waals surface area contributed by atoms with Crippen LogP contribution in [0.25, 0.3) is 11.1 Å². The van der Waals surface area contributed by atoms with Gasteiger partial charge in [-0.2, -0.15) is 0 Å². The van der Waals surface area contributed by atoms with Gasteiger partial charge in [-0.3, -0.25) is 0 Å². The lowest BCUT2D eigenvalue weighted by molar-refractivity contribution is 0.0490. The zero-order chi connectivity index (χ0) is 13.1. The number of anilines is 1. The van der Waals surface area contributed by atoms with Gasteiger partial charge in [0.1, 0.15) is 5.76 Å². The van der Waals surface area contributed by atoms with Crippen LogP contribution in [0.5, 0.6) is 0 Å². The van der Waals surface area contributed by atoms with Gasteiger partial charge in [-0.15, -0.1) is 0 Å². The smallest absolute Gasteiger partial charge is 0.374 e. The van der Waals surface area contributed by atoms with Crippen LogP contribution in [0.4, 0.5) is 5.69 Å². The van der Waals surface area contributed by atoms with Crippen LogP contribution in [0.1, 0.15) is 23.2 Å². The zero-order valence-corrected chi connectivity index (χ0v) is 10.4. The van der Waals surface area contributed by atoms with Crippen LogP contribution in [0, 0.1) is 6.92 Å². The number of esters is 1. The summed E-state index contributed by atoms with van der Waals surface area (Å²) >= 11 is 0. The first-order valence-corrected chi connectivity index (χ1v) is 5.76. The predicted octanol–water partition coefficient (Wildman–Crippen LogP) is 3.01. The highest BCUT2D eigenvalue weighted by molar-refractivity contribution is 5.96. The lowest BCUT2D eigenvalue weighted by Crippen LogP contribution is -2.05. The standard InChI is InChI=1S/C14H15NO3/c1-3-17-14(16)13-11(8-9(2)18-13)10-6-4-5-7-12(10)15/h4-8H,3,15H2,1-2H3. The minimum absolute atomic E-state index is 0.201. The van der Waals surface area contributed by atoms with Crippen molar-refractivity contribution < 1.29 is 13.9 Å². The number of furan rings is 1. The second-order valence-corrected chi connectivity index (χ2v) is 3.91. The van der Waals surface area contributed by atoms with Crippen LogP contribution in [-0.4, -0.2) is 12.6 Å². The van der Waals surface area contributed by atoms with Crippen molar-refractivity contribution in [1.82, 2.24) is 0 Å². The number of hydrogen-bond acceptors (Lipinski definition) is 4. The number of aryl methyl sites for hydroxylation is 1. The Balaban J connectivity index is 2.51. The first kappa shape index (κ1) is 12.2. The molecular formula is C14H15NO3. The molecular weight excluding hydrogens is 230 g/mol. The summed E-state index contributed by atoms with van der Waals surface area (Å²) in [6, 6.07) is 9.13. The minimum Gasteiger partial charge on any atom is -0.460 e. The maximum absolute atomic E-state index is 11.8. The molecule has 0 saturated heterocycles. The molecule has 0 spiro atoms. The molecule has 1 aromatic heterocycles. The minimum atomic E-state index is -0.469. The van der Waals surface area contributed by atoms with Gasteiger partial charge in [0.25, 0.3) is 0 Å². The monoisotopic (exact) mass is 245 g/mol. The first-order chi connectivity index (χ1) is 8.63. The van der Waals surface area contributed by atoms with E-state index in [2.05, 4.69) is 0 Å². The average Bonchev–Trinajstić information content (AvgIpc) is 2.72. The molecule has 1 aromatic carbocycles. The van der Waals surface area contributed by atoms with Crippen LogP contribution in [0.15, 0.2) is 34.7 Å². The van der Waals surface area contributed by atoms with Crippen molar-refractivity contribution >= 4 is 11.7 Å². The maximum atomic E-state index is 11.8. The summed E-state index contributed by atoms with van der Waals surface area (Å²) < 4.78 is 10.4. The summed E-state index contributed by atoms with van der Waals surface area (Å²) in [4.78, 5) is 11.8. The highest BCUT2D eigenvalue weighted by Gasteiger charge is 2.20. The Kier molecular flexibility index (Phi) is 3.37. The summed E-state index contributed by atoms with van der Waals surface area (Å²) in [5.41, 5.74) is 7.96. The molecule has 2 rings (SSSR count). The van der Waals surface area contributed by atoms with E-state index in [0.717, 1.165) is 5.56 Å². The van der Waals surface area contributed by atoms with Gasteiger partial charge < -0.3 is 14.9 Å². The maximum Gasteiger partial charge on any atom is 0.374 e. The van der Waals surface area contributed by atoms with Gasteiger partial charge in [-0.1, -0.05) is 18.2 Å². The van der Waals surface area contributed by atoms with E-state index in [1.165, 1.54) is 0 Å². The third-order valence-corrected chi connectivity index (χ3v) is 2.57. The second kappa shape index (κ2) is 4.96. The Bertz CT molecular complexity index is 572. The first-order valence-electron chi connectivity index (χ1n) is 5.76. The van der Waals surface area contributed by atoms with Crippen molar-refractivity contribution in [3.8, 4) is 11.1 Å². The normalized spacial score (nSPS) is 10.3. The summed E-state index contributed by atoms with van der Waals surface area (Å²) in [7, 11) is 0. The molecule has 2 aromatic rings. The Morgan fingerprint density at radius 2 is 2.06 bits per heavy atom. The molecule has 94 valence electrons. The van der Waals surface area contributed by atoms with Crippen molar-refractivity contribution in [2.24, 2.45) is 0 Å². The third-order valence-electron chi connectivity index (χ3n) is 2.57. The highest BCUT2D eigenvalue weighted by atomic mass is 16.5. The van der Waals surface area contributed by atoms with E-state index in [1.54, 1.807) is 26.0 Å². The number of carbonyl (C=O) groups is 1. The molecule has 2 N–H and O–H groups in total. The topological polar surface area (TPSA) is 65.5 Å². The number of para-hydroxylation sites is 1. The Morgan fingerprint density at radius 1 is 1.33 bits per heavy atom. The third kappa shape index (κ3) is 2.22. The van der Waals surface area contributed by atoms with Crippen molar-refractivity contribution in [2.75, 3.05) is 12.3 Å². The second-order valence-electron chi connectivity index (χ2n) is 3.91. The number of hydrogen-bond donors (Lipinski definition) is 1.